The summed E-state index contributed by atoms with van der Waals surface area (Å²) in [5, 5.41) is 35.9. The third-order valence-corrected chi connectivity index (χ3v) is 21.5. The number of nitrogens with zero attached hydrogens (tertiary/aromatic N) is 7. The van der Waals surface area contributed by atoms with Crippen molar-refractivity contribution in [2.24, 2.45) is 47.3 Å². The van der Waals surface area contributed by atoms with Crippen molar-refractivity contribution in [3.63, 3.8) is 0 Å². The Labute approximate surface area is 628 Å². The Morgan fingerprint density at radius 3 is 1.43 bits per heavy atom. The molecule has 105 heavy (non-hydrogen) atoms. The number of aliphatic hydroxyl groups is 2. The number of rotatable bonds is 23. The number of unbranched alkanes of at least 4 members (excludes halogenated alkanes) is 1. The maximum absolute atomic E-state index is 15.6. The van der Waals surface area contributed by atoms with Crippen molar-refractivity contribution in [2.75, 3.05) is 87.8 Å². The molecule has 27 heteroatoms. The van der Waals surface area contributed by atoms with E-state index in [1.807, 2.05) is 76.2 Å². The highest BCUT2D eigenvalue weighted by atomic mass is 16.5. The number of amides is 12. The molecule has 4 fully saturated rings. The molecule has 0 aromatic rings. The number of piperidine rings is 1. The molecule has 2 saturated heterocycles. The zero-order valence-corrected chi connectivity index (χ0v) is 67.1. The van der Waals surface area contributed by atoms with Gasteiger partial charge in [-0.2, -0.15) is 0 Å². The number of aliphatic hydroxyl groups excluding tert-OH is 2. The third kappa shape index (κ3) is 28.9. The Bertz CT molecular complexity index is 2800. The number of nitrogens with one attached hydrogen (secondary N) is 5. The summed E-state index contributed by atoms with van der Waals surface area (Å²) in [5.74, 6) is -9.90. The van der Waals surface area contributed by atoms with Crippen molar-refractivity contribution in [1.82, 2.24) is 60.9 Å². The molecule has 2 saturated carbocycles. The lowest BCUT2D eigenvalue weighted by molar-refractivity contribution is -0.151. The van der Waals surface area contributed by atoms with Crippen LogP contribution >= 0.6 is 0 Å². The van der Waals surface area contributed by atoms with E-state index in [4.69, 9.17) is 4.74 Å². The van der Waals surface area contributed by atoms with Crippen LogP contribution in [-0.2, 0) is 62.3 Å². The van der Waals surface area contributed by atoms with Crippen LogP contribution in [0.3, 0.4) is 0 Å². The summed E-state index contributed by atoms with van der Waals surface area (Å²) in [6, 6.07) is -11.5. The number of carbonyl (C=O) groups is 12. The van der Waals surface area contributed by atoms with E-state index < -0.39 is 150 Å². The molecular weight excluding hydrogens is 1340 g/mol. The van der Waals surface area contributed by atoms with E-state index in [1.165, 1.54) is 71.6 Å². The van der Waals surface area contributed by atoms with Gasteiger partial charge in [0, 0.05) is 61.4 Å². The molecular formula is C78H138N12O15. The van der Waals surface area contributed by atoms with E-state index >= 15 is 38.4 Å². The number of hydrogen-bond donors (Lipinski definition) is 7. The van der Waals surface area contributed by atoms with Crippen LogP contribution in [0.5, 0.6) is 0 Å². The minimum Gasteiger partial charge on any atom is -0.394 e. The standard InChI is InChI=1S/C78H138N12O15/c1-18-19-33-90-47-67(94)84(13)61(39-50(4)5)69(95)79-46-57(48-105-37-36-91)73(99)88(17)65(44-56-31-25-21-26-32-56)77(103)87(16)63(41-52(8)9)71(97)82-60(76(102)89-34-27-22-28-35-89)45-66(93)80-58(38-49(2)3)74(100)85(14)62(40-51(6)7)70(96)81-59(43-55-29-23-20-24-30-55)75(101)86(15)64(42-53(10)11)72(98)83-68(54(12)92)78(90)104/h49-65,68,91-92H,18-48H2,1-17H3,(H,79,95)(H,80,93)(H,81,96)(H,82,97)(H,83,98)/t54-,57+,58-,59+,60+,61+,62+,63+,64+,65+,68+/m1/s1. The van der Waals surface area contributed by atoms with E-state index in [0.29, 0.717) is 38.8 Å². The summed E-state index contributed by atoms with van der Waals surface area (Å²) >= 11 is 0. The molecule has 0 bridgehead atoms. The second kappa shape index (κ2) is 45.4. The summed E-state index contributed by atoms with van der Waals surface area (Å²) in [6.45, 7) is 21.0. The van der Waals surface area contributed by atoms with Crippen LogP contribution < -0.4 is 26.6 Å². The first kappa shape index (κ1) is 90.9. The highest BCUT2D eigenvalue weighted by Gasteiger charge is 2.44. The van der Waals surface area contributed by atoms with Crippen LogP contribution in [0, 0.1) is 47.3 Å². The van der Waals surface area contributed by atoms with Crippen molar-refractivity contribution >= 4 is 70.9 Å². The van der Waals surface area contributed by atoms with Gasteiger partial charge >= 0.3 is 0 Å². The van der Waals surface area contributed by atoms with Crippen LogP contribution in [0.1, 0.15) is 231 Å². The predicted molar refractivity (Wildman–Crippen MR) is 403 cm³/mol. The number of ether oxygens (including phenoxy) is 1. The predicted octanol–water partition coefficient (Wildman–Crippen LogP) is 5.40. The van der Waals surface area contributed by atoms with E-state index in [1.54, 1.807) is 4.90 Å². The van der Waals surface area contributed by atoms with Crippen LogP contribution in [0.25, 0.3) is 0 Å². The summed E-state index contributed by atoms with van der Waals surface area (Å²) < 4.78 is 5.82. The van der Waals surface area contributed by atoms with Gasteiger partial charge in [0.2, 0.25) is 70.9 Å². The fourth-order valence-corrected chi connectivity index (χ4v) is 15.3. The molecule has 0 unspecified atom stereocenters. The Morgan fingerprint density at radius 1 is 0.495 bits per heavy atom. The van der Waals surface area contributed by atoms with Gasteiger partial charge < -0.3 is 75.8 Å². The maximum atomic E-state index is 15.6. The SMILES string of the molecule is CCCCN1CC(=O)N(C)[C@@H](CC(C)C)C(=O)NC[C@@H](COCCO)C(=O)N(C)[C@@H](CC2CCCCC2)C(=O)N(C)[C@@H](CC(C)C)C(=O)N[C@H](C(=O)N2CCCCC2)CC(=O)N[C@H](CC(C)C)C(=O)N(C)[C@@H](CC(C)C)C(=O)N[C@@H](CC2CCCCC2)C(=O)N(C)[C@@H](CC(C)C)C(=O)N[C@@H]([C@@H](C)O)C1=O. The van der Waals surface area contributed by atoms with Gasteiger partial charge in [-0.05, 0) is 119 Å². The van der Waals surface area contributed by atoms with Gasteiger partial charge in [-0.15, -0.1) is 0 Å². The Morgan fingerprint density at radius 2 is 0.943 bits per heavy atom. The van der Waals surface area contributed by atoms with Gasteiger partial charge in [-0.3, -0.25) is 57.5 Å². The number of hydrogen-bond acceptors (Lipinski definition) is 15. The van der Waals surface area contributed by atoms with E-state index in [2.05, 4.69) is 26.6 Å². The lowest BCUT2D eigenvalue weighted by Gasteiger charge is -2.38. The summed E-state index contributed by atoms with van der Waals surface area (Å²) in [5.41, 5.74) is 0. The highest BCUT2D eigenvalue weighted by Crippen LogP contribution is 2.32. The van der Waals surface area contributed by atoms with Crippen molar-refractivity contribution in [2.45, 2.75) is 291 Å². The van der Waals surface area contributed by atoms with Crippen molar-refractivity contribution in [1.29, 1.82) is 0 Å². The third-order valence-electron chi connectivity index (χ3n) is 21.5. The Balaban J connectivity index is 1.99. The maximum Gasteiger partial charge on any atom is 0.248 e. The number of likely N-dealkylation sites (N-methyl/N-ethyl adjacent to an activating group) is 5. The fraction of sp³-hybridized carbons (Fsp3) is 0.846. The highest BCUT2D eigenvalue weighted by molar-refractivity contribution is 5.99. The summed E-state index contributed by atoms with van der Waals surface area (Å²) in [4.78, 5) is 191. The van der Waals surface area contributed by atoms with Gasteiger partial charge in [0.05, 0.1) is 44.8 Å². The van der Waals surface area contributed by atoms with Crippen molar-refractivity contribution in [3.8, 4) is 0 Å². The molecule has 27 nitrogen and oxygen atoms in total. The Hall–Kier alpha value is -6.48. The Kier molecular flexibility index (Phi) is 39.3. The second-order valence-electron chi connectivity index (χ2n) is 32.9. The molecule has 0 aromatic heterocycles. The molecule has 600 valence electrons. The minimum atomic E-state index is -1.62. The van der Waals surface area contributed by atoms with Crippen molar-refractivity contribution < 1.29 is 72.5 Å². The van der Waals surface area contributed by atoms with Crippen LogP contribution in [-0.4, -0.2) is 264 Å². The monoisotopic (exact) mass is 1480 g/mol. The lowest BCUT2D eigenvalue weighted by atomic mass is 9.84. The van der Waals surface area contributed by atoms with Crippen LogP contribution in [0.2, 0.25) is 0 Å². The van der Waals surface area contributed by atoms with Gasteiger partial charge in [-0.25, -0.2) is 0 Å². The average Bonchev–Trinajstić information content (AvgIpc) is 0.830. The van der Waals surface area contributed by atoms with Gasteiger partial charge in [0.15, 0.2) is 0 Å². The summed E-state index contributed by atoms with van der Waals surface area (Å²) in [6.07, 6.45) is 10.9. The largest absolute Gasteiger partial charge is 0.394 e. The molecule has 2 aliphatic carbocycles. The zero-order chi connectivity index (χ0) is 78.5. The fourth-order valence-electron chi connectivity index (χ4n) is 15.3. The molecule has 7 N–H and O–H groups in total. The molecule has 2 heterocycles. The molecule has 0 radical (unpaired) electrons. The van der Waals surface area contributed by atoms with Crippen LogP contribution in [0.15, 0.2) is 0 Å². The lowest BCUT2D eigenvalue weighted by Crippen LogP contribution is -2.61. The molecule has 11 atom stereocenters. The van der Waals surface area contributed by atoms with E-state index in [0.717, 1.165) is 70.6 Å². The van der Waals surface area contributed by atoms with E-state index in [9.17, 15) is 29.4 Å². The topological polar surface area (TPSA) is 337 Å². The molecule has 0 spiro atoms. The first-order chi connectivity index (χ1) is 49.5. The smallest absolute Gasteiger partial charge is 0.248 e. The summed E-state index contributed by atoms with van der Waals surface area (Å²) in [7, 11) is 7.37. The molecule has 2 aliphatic heterocycles. The first-order valence-electron chi connectivity index (χ1n) is 39.8. The van der Waals surface area contributed by atoms with Gasteiger partial charge in [-0.1, -0.05) is 147 Å². The zero-order valence-electron chi connectivity index (χ0n) is 67.1. The first-order valence-corrected chi connectivity index (χ1v) is 39.8. The van der Waals surface area contributed by atoms with Gasteiger partial charge in [0.1, 0.15) is 54.4 Å². The molecule has 4 rings (SSSR count). The second-order valence-corrected chi connectivity index (χ2v) is 32.9. The van der Waals surface area contributed by atoms with E-state index in [-0.39, 0.29) is 119 Å². The number of likely N-dealkylation sites (tertiary alicyclic amines) is 1. The normalized spacial score (nSPS) is 26.7. The minimum absolute atomic E-state index is 0.00945. The molecule has 0 aromatic carbocycles. The molecule has 12 amide bonds. The van der Waals surface area contributed by atoms with Crippen LogP contribution in [0.4, 0.5) is 0 Å². The quantitative estimate of drug-likeness (QED) is 0.0630. The number of carbonyl (C=O) groups excluding carboxylic acids is 12. The van der Waals surface area contributed by atoms with Crippen molar-refractivity contribution in [3.05, 3.63) is 0 Å². The molecule has 4 aliphatic rings. The van der Waals surface area contributed by atoms with Gasteiger partial charge in [0.25, 0.3) is 0 Å². The average molecular weight is 1480 g/mol.